The second-order valence-electron chi connectivity index (χ2n) is 5.78. The average Bonchev–Trinajstić information content (AvgIpc) is 3.20. The zero-order valence-corrected chi connectivity index (χ0v) is 14.4. The first-order valence-corrected chi connectivity index (χ1v) is 8.74. The van der Waals surface area contributed by atoms with Gasteiger partial charge in [0, 0.05) is 10.4 Å². The minimum Gasteiger partial charge on any atom is -0.494 e. The van der Waals surface area contributed by atoms with Gasteiger partial charge in [0.1, 0.15) is 11.2 Å². The van der Waals surface area contributed by atoms with Gasteiger partial charge in [0.05, 0.1) is 12.5 Å². The van der Waals surface area contributed by atoms with E-state index in [0.717, 1.165) is 35.5 Å². The topological polar surface area (TPSA) is 61.3 Å². The molecule has 0 atom stereocenters. The van der Waals surface area contributed by atoms with Crippen molar-refractivity contribution in [2.24, 2.45) is 0 Å². The van der Waals surface area contributed by atoms with E-state index in [9.17, 15) is 9.18 Å². The molecule has 0 saturated carbocycles. The largest absolute Gasteiger partial charge is 0.494 e. The number of fused-ring (bicyclic) bond motifs is 3. The third-order valence-electron chi connectivity index (χ3n) is 4.28. The van der Waals surface area contributed by atoms with Crippen LogP contribution in [0.25, 0.3) is 10.2 Å². The Morgan fingerprint density at radius 2 is 2.20 bits per heavy atom. The molecule has 0 aliphatic heterocycles. The average molecular weight is 358 g/mol. The van der Waals surface area contributed by atoms with Gasteiger partial charge < -0.3 is 9.47 Å². The fraction of sp³-hybridized carbons (Fsp3) is 0.278. The fourth-order valence-electron chi connectivity index (χ4n) is 3.07. The molecule has 1 aromatic carbocycles. The molecule has 0 radical (unpaired) electrons. The molecule has 2 heterocycles. The van der Waals surface area contributed by atoms with Gasteiger partial charge in [-0.15, -0.1) is 11.3 Å². The van der Waals surface area contributed by atoms with Crippen molar-refractivity contribution in [3.8, 4) is 11.6 Å². The molecule has 0 N–H and O–H groups in total. The summed E-state index contributed by atoms with van der Waals surface area (Å²) < 4.78 is 24.3. The molecule has 3 aromatic rings. The predicted octanol–water partition coefficient (Wildman–Crippen LogP) is 3.59. The highest BCUT2D eigenvalue weighted by Crippen LogP contribution is 2.39. The Hall–Kier alpha value is -2.54. The van der Waals surface area contributed by atoms with Gasteiger partial charge in [0.15, 0.2) is 24.0 Å². The second-order valence-corrected chi connectivity index (χ2v) is 6.86. The van der Waals surface area contributed by atoms with Crippen LogP contribution in [-0.2, 0) is 12.8 Å². The van der Waals surface area contributed by atoms with Gasteiger partial charge in [-0.25, -0.2) is 14.4 Å². The summed E-state index contributed by atoms with van der Waals surface area (Å²) in [6, 6.07) is 4.10. The van der Waals surface area contributed by atoms with Gasteiger partial charge in [0.25, 0.3) is 0 Å². The number of nitrogens with zero attached hydrogens (tertiary/aromatic N) is 2. The number of ketones is 1. The van der Waals surface area contributed by atoms with Crippen LogP contribution in [0.15, 0.2) is 24.5 Å². The Labute approximate surface area is 147 Å². The van der Waals surface area contributed by atoms with Crippen LogP contribution in [0, 0.1) is 5.82 Å². The van der Waals surface area contributed by atoms with Crippen LogP contribution in [-0.4, -0.2) is 29.5 Å². The van der Waals surface area contributed by atoms with E-state index in [0.29, 0.717) is 5.88 Å². The van der Waals surface area contributed by atoms with Crippen molar-refractivity contribution in [1.82, 2.24) is 9.97 Å². The number of methoxy groups -OCH3 is 1. The van der Waals surface area contributed by atoms with Crippen LogP contribution < -0.4 is 9.47 Å². The van der Waals surface area contributed by atoms with Gasteiger partial charge in [-0.05, 0) is 43.0 Å². The molecule has 1 aliphatic rings. The Morgan fingerprint density at radius 1 is 1.32 bits per heavy atom. The van der Waals surface area contributed by atoms with Crippen LogP contribution >= 0.6 is 11.3 Å². The fourth-order valence-corrected chi connectivity index (χ4v) is 4.29. The van der Waals surface area contributed by atoms with Crippen molar-refractivity contribution >= 4 is 27.3 Å². The first-order chi connectivity index (χ1) is 12.2. The quantitative estimate of drug-likeness (QED) is 0.652. The summed E-state index contributed by atoms with van der Waals surface area (Å²) in [7, 11) is 1.38. The molecule has 25 heavy (non-hydrogen) atoms. The summed E-state index contributed by atoms with van der Waals surface area (Å²) in [5.74, 6) is -0.371. The highest BCUT2D eigenvalue weighted by Gasteiger charge is 2.22. The number of aromatic nitrogens is 2. The van der Waals surface area contributed by atoms with E-state index in [-0.39, 0.29) is 23.7 Å². The molecule has 5 nitrogen and oxygen atoms in total. The maximum Gasteiger partial charge on any atom is 0.226 e. The number of halogens is 1. The molecule has 0 amide bonds. The zero-order chi connectivity index (χ0) is 17.4. The van der Waals surface area contributed by atoms with Crippen molar-refractivity contribution in [3.63, 3.8) is 0 Å². The zero-order valence-electron chi connectivity index (χ0n) is 13.5. The summed E-state index contributed by atoms with van der Waals surface area (Å²) in [4.78, 5) is 23.0. The van der Waals surface area contributed by atoms with E-state index in [1.54, 1.807) is 11.3 Å². The van der Waals surface area contributed by atoms with Crippen molar-refractivity contribution in [1.29, 1.82) is 0 Å². The number of rotatable bonds is 5. The number of ether oxygens (including phenoxy) is 2. The minimum absolute atomic E-state index is 0.101. The lowest BCUT2D eigenvalue weighted by atomic mass is 10.1. The minimum atomic E-state index is -0.576. The maximum absolute atomic E-state index is 13.8. The van der Waals surface area contributed by atoms with Gasteiger partial charge in [-0.3, -0.25) is 4.79 Å². The Morgan fingerprint density at radius 3 is 3.00 bits per heavy atom. The van der Waals surface area contributed by atoms with E-state index < -0.39 is 5.82 Å². The lowest BCUT2D eigenvalue weighted by Crippen LogP contribution is -2.13. The molecule has 0 saturated heterocycles. The molecule has 1 aliphatic carbocycles. The maximum atomic E-state index is 13.8. The van der Waals surface area contributed by atoms with E-state index in [1.807, 2.05) is 0 Å². The molecule has 0 fully saturated rings. The first kappa shape index (κ1) is 16.0. The monoisotopic (exact) mass is 358 g/mol. The van der Waals surface area contributed by atoms with E-state index in [1.165, 1.54) is 36.0 Å². The summed E-state index contributed by atoms with van der Waals surface area (Å²) in [5.41, 5.74) is 1.47. The van der Waals surface area contributed by atoms with Crippen LogP contribution in [0.2, 0.25) is 0 Å². The van der Waals surface area contributed by atoms with E-state index in [4.69, 9.17) is 9.47 Å². The molecular weight excluding hydrogens is 343 g/mol. The highest BCUT2D eigenvalue weighted by atomic mass is 32.1. The third kappa shape index (κ3) is 2.84. The number of hydrogen-bond donors (Lipinski definition) is 0. The van der Waals surface area contributed by atoms with Crippen LogP contribution in [0.3, 0.4) is 0 Å². The van der Waals surface area contributed by atoms with Crippen molar-refractivity contribution in [2.45, 2.75) is 19.3 Å². The van der Waals surface area contributed by atoms with E-state index in [2.05, 4.69) is 9.97 Å². The summed E-state index contributed by atoms with van der Waals surface area (Å²) in [6.45, 7) is -0.206. The predicted molar refractivity (Wildman–Crippen MR) is 92.2 cm³/mol. The molecule has 7 heteroatoms. The molecule has 2 aromatic heterocycles. The molecule has 0 spiro atoms. The Kier molecular flexibility index (Phi) is 4.09. The summed E-state index contributed by atoms with van der Waals surface area (Å²) in [6.07, 6.45) is 4.60. The lowest BCUT2D eigenvalue weighted by Gasteiger charge is -2.08. The summed E-state index contributed by atoms with van der Waals surface area (Å²) in [5, 5.41) is 0.911. The molecule has 0 bridgehead atoms. The number of thiophene rings is 1. The number of carbonyl (C=O) groups is 1. The van der Waals surface area contributed by atoms with Crippen molar-refractivity contribution in [3.05, 3.63) is 46.3 Å². The molecule has 4 rings (SSSR count). The number of carbonyl (C=O) groups excluding carboxylic acids is 1. The summed E-state index contributed by atoms with van der Waals surface area (Å²) >= 11 is 1.66. The second kappa shape index (κ2) is 6.40. The van der Waals surface area contributed by atoms with Gasteiger partial charge in [-0.1, -0.05) is 0 Å². The third-order valence-corrected chi connectivity index (χ3v) is 5.48. The van der Waals surface area contributed by atoms with Crippen LogP contribution in [0.4, 0.5) is 4.39 Å². The number of Topliss-reactive ketones (excluding diaryl/α,β-unsaturated/α-hetero) is 1. The Balaban J connectivity index is 1.56. The van der Waals surface area contributed by atoms with Gasteiger partial charge in [-0.2, -0.15) is 0 Å². The van der Waals surface area contributed by atoms with Crippen LogP contribution in [0.5, 0.6) is 11.6 Å². The van der Waals surface area contributed by atoms with Gasteiger partial charge >= 0.3 is 0 Å². The molecular formula is C18H15FN2O3S. The normalized spacial score (nSPS) is 13.0. The van der Waals surface area contributed by atoms with E-state index >= 15 is 0 Å². The number of benzene rings is 1. The molecule has 128 valence electrons. The SMILES string of the molecule is COc1ccc(C(=O)COc2ncnc3sc4c(c23)CCC4)cc1F. The first-order valence-electron chi connectivity index (χ1n) is 7.92. The number of aryl methyl sites for hydroxylation is 2. The standard InChI is InChI=1S/C18H15FN2O3S/c1-23-14-6-5-10(7-12(14)19)13(22)8-24-17-16-11-3-2-4-15(11)25-18(16)21-9-20-17/h5-7,9H,2-4,8H2,1H3. The van der Waals surface area contributed by atoms with Gasteiger partial charge in [0.2, 0.25) is 5.88 Å². The smallest absolute Gasteiger partial charge is 0.226 e. The highest BCUT2D eigenvalue weighted by molar-refractivity contribution is 7.18. The Bertz CT molecular complexity index is 970. The van der Waals surface area contributed by atoms with Crippen LogP contribution in [0.1, 0.15) is 27.2 Å². The van der Waals surface area contributed by atoms with Crippen molar-refractivity contribution < 1.29 is 18.7 Å². The lowest BCUT2D eigenvalue weighted by molar-refractivity contribution is 0.0918. The molecule has 0 unspecified atom stereocenters. The van der Waals surface area contributed by atoms with Crippen molar-refractivity contribution in [2.75, 3.05) is 13.7 Å². The number of hydrogen-bond acceptors (Lipinski definition) is 6.